The van der Waals surface area contributed by atoms with Crippen molar-refractivity contribution in [1.82, 2.24) is 5.32 Å². The first kappa shape index (κ1) is 38.1. The lowest BCUT2D eigenvalue weighted by Gasteiger charge is -2.39. The number of esters is 2. The van der Waals surface area contributed by atoms with Gasteiger partial charge in [0, 0.05) is 19.4 Å². The van der Waals surface area contributed by atoms with E-state index in [0.29, 0.717) is 12.8 Å². The predicted molar refractivity (Wildman–Crippen MR) is 162 cm³/mol. The second kappa shape index (κ2) is 15.9. The number of ether oxygens (including phenoxy) is 5. The van der Waals surface area contributed by atoms with Crippen molar-refractivity contribution in [3.63, 3.8) is 0 Å². The molecular formula is C34H40F5NO9. The van der Waals surface area contributed by atoms with E-state index in [9.17, 15) is 41.4 Å². The maximum atomic E-state index is 14.0. The fraction of sp³-hybridized carbons (Fsp3) is 0.559. The normalized spacial score (nSPS) is 30.8. The predicted octanol–water partition coefficient (Wildman–Crippen LogP) is 4.66. The van der Waals surface area contributed by atoms with Crippen LogP contribution in [-0.4, -0.2) is 77.8 Å². The number of carbonyl (C=O) groups excluding carboxylic acids is 3. The summed E-state index contributed by atoms with van der Waals surface area (Å²) in [6, 6.07) is -0.222. The van der Waals surface area contributed by atoms with Crippen molar-refractivity contribution in [2.45, 2.75) is 109 Å². The van der Waals surface area contributed by atoms with Crippen molar-refractivity contribution in [2.75, 3.05) is 6.61 Å². The zero-order valence-electron chi connectivity index (χ0n) is 27.6. The molecular weight excluding hydrogens is 661 g/mol. The lowest BCUT2D eigenvalue weighted by Crippen LogP contribution is -2.50. The molecule has 9 atom stereocenters. The Morgan fingerprint density at radius 1 is 1.02 bits per heavy atom. The standard InChI is InChI=1S/C34H40F5NO9/c1-16(6-9-23-17(2)12-22(19(4)47-23)40-25(42)11-8-18(3)46-20(5)41)7-10-24-33(44)34(15-45-34)14-21(48-24)13-26(43)49-32-30(38)28(36)27(35)29(37)31(32)39/h6-8,10-11,17-19,21-24,33,44H,9,12-15H2,1-5H3,(H,40,42)/b10-7+,11-8-,16-6+/t17-,18-,19+,21+,22+,23-,24+,33-,34+/m0/s1. The summed E-state index contributed by atoms with van der Waals surface area (Å²) in [6.07, 6.45) is 4.73. The minimum Gasteiger partial charge on any atom is -0.459 e. The van der Waals surface area contributed by atoms with Crippen LogP contribution in [0.2, 0.25) is 0 Å². The monoisotopic (exact) mass is 701 g/mol. The molecule has 0 radical (unpaired) electrons. The van der Waals surface area contributed by atoms with E-state index in [-0.39, 0.29) is 43.1 Å². The highest BCUT2D eigenvalue weighted by Crippen LogP contribution is 2.43. The van der Waals surface area contributed by atoms with Crippen molar-refractivity contribution >= 4 is 17.8 Å². The lowest BCUT2D eigenvalue weighted by molar-refractivity contribution is -0.153. The van der Waals surface area contributed by atoms with Gasteiger partial charge in [-0.15, -0.1) is 0 Å². The van der Waals surface area contributed by atoms with Crippen LogP contribution >= 0.6 is 0 Å². The molecule has 1 aromatic rings. The van der Waals surface area contributed by atoms with E-state index >= 15 is 0 Å². The van der Waals surface area contributed by atoms with Crippen LogP contribution in [0.1, 0.15) is 60.3 Å². The van der Waals surface area contributed by atoms with Crippen LogP contribution in [0.25, 0.3) is 0 Å². The third-order valence-electron chi connectivity index (χ3n) is 8.70. The second-order valence-corrected chi connectivity index (χ2v) is 12.7. The van der Waals surface area contributed by atoms with E-state index in [1.54, 1.807) is 19.1 Å². The molecule has 1 amide bonds. The van der Waals surface area contributed by atoms with E-state index in [0.717, 1.165) is 5.57 Å². The number of amides is 1. The Bertz CT molecular complexity index is 1480. The number of hydrogen-bond donors (Lipinski definition) is 2. The number of halogens is 5. The average Bonchev–Trinajstić information content (AvgIpc) is 3.81. The van der Waals surface area contributed by atoms with Crippen LogP contribution in [0, 0.1) is 35.0 Å². The number of aliphatic hydroxyl groups excluding tert-OH is 1. The van der Waals surface area contributed by atoms with Gasteiger partial charge in [-0.1, -0.05) is 30.7 Å². The molecule has 3 fully saturated rings. The van der Waals surface area contributed by atoms with Gasteiger partial charge in [0.25, 0.3) is 0 Å². The molecule has 3 aliphatic rings. The van der Waals surface area contributed by atoms with Gasteiger partial charge in [0.2, 0.25) is 40.7 Å². The number of allylic oxidation sites excluding steroid dienone is 2. The fourth-order valence-electron chi connectivity index (χ4n) is 5.90. The highest BCUT2D eigenvalue weighted by molar-refractivity contribution is 5.87. The summed E-state index contributed by atoms with van der Waals surface area (Å²) in [7, 11) is 0. The number of rotatable bonds is 11. The van der Waals surface area contributed by atoms with E-state index < -0.39 is 83.2 Å². The molecule has 15 heteroatoms. The first-order valence-corrected chi connectivity index (χ1v) is 15.9. The highest BCUT2D eigenvalue weighted by Gasteiger charge is 2.58. The summed E-state index contributed by atoms with van der Waals surface area (Å²) >= 11 is 0. The topological polar surface area (TPSA) is 133 Å². The maximum absolute atomic E-state index is 14.0. The first-order valence-electron chi connectivity index (χ1n) is 15.9. The summed E-state index contributed by atoms with van der Waals surface area (Å²) in [5, 5.41) is 13.8. The van der Waals surface area contributed by atoms with E-state index in [1.165, 1.54) is 19.1 Å². The van der Waals surface area contributed by atoms with Gasteiger partial charge in [-0.05, 0) is 45.6 Å². The molecule has 3 heterocycles. The zero-order chi connectivity index (χ0) is 36.2. The number of hydrogen-bond acceptors (Lipinski definition) is 9. The summed E-state index contributed by atoms with van der Waals surface area (Å²) in [4.78, 5) is 35.9. The van der Waals surface area contributed by atoms with Crippen LogP contribution in [0.3, 0.4) is 0 Å². The van der Waals surface area contributed by atoms with E-state index in [2.05, 4.69) is 10.1 Å². The van der Waals surface area contributed by atoms with Crippen LogP contribution in [0.4, 0.5) is 22.0 Å². The molecule has 0 bridgehead atoms. The van der Waals surface area contributed by atoms with Gasteiger partial charge in [-0.25, -0.2) is 13.2 Å². The fourth-order valence-corrected chi connectivity index (χ4v) is 5.90. The van der Waals surface area contributed by atoms with Crippen molar-refractivity contribution < 1.29 is 65.1 Å². The van der Waals surface area contributed by atoms with Crippen molar-refractivity contribution in [3.05, 3.63) is 65.0 Å². The lowest BCUT2D eigenvalue weighted by atomic mass is 9.87. The van der Waals surface area contributed by atoms with Gasteiger partial charge in [0.15, 0.2) is 0 Å². The Kier molecular flexibility index (Phi) is 12.4. The SMILES string of the molecule is CC(=O)O[C@@H](C)/C=C\C(=O)N[C@@H]1C[C@H](C)[C@H](C/C=C(C)/C=C/[C@H]2O[C@H](CC(=O)Oc3c(F)c(F)c(F)c(F)c3F)C[C@@]3(CO3)[C@H]2O)O[C@@H]1C. The third kappa shape index (κ3) is 9.53. The summed E-state index contributed by atoms with van der Waals surface area (Å²) in [5.74, 6) is -15.1. The Balaban J connectivity index is 1.31. The molecule has 0 saturated carbocycles. The quantitative estimate of drug-likeness (QED) is 0.0494. The minimum atomic E-state index is -2.38. The molecule has 4 rings (SSSR count). The van der Waals surface area contributed by atoms with Crippen molar-refractivity contribution in [1.29, 1.82) is 0 Å². The molecule has 1 spiro atoms. The molecule has 1 aromatic carbocycles. The summed E-state index contributed by atoms with van der Waals surface area (Å²) < 4.78 is 95.4. The van der Waals surface area contributed by atoms with E-state index in [4.69, 9.17) is 18.9 Å². The van der Waals surface area contributed by atoms with Crippen molar-refractivity contribution in [3.8, 4) is 5.75 Å². The number of epoxide rings is 1. The minimum absolute atomic E-state index is 0.0275. The van der Waals surface area contributed by atoms with E-state index in [1.807, 2.05) is 26.8 Å². The smallest absolute Gasteiger partial charge is 0.314 e. The molecule has 0 aliphatic carbocycles. The molecule has 0 unspecified atom stereocenters. The average molecular weight is 702 g/mol. The summed E-state index contributed by atoms with van der Waals surface area (Å²) in [5.41, 5.74) is -0.218. The second-order valence-electron chi connectivity index (χ2n) is 12.7. The Morgan fingerprint density at radius 2 is 1.65 bits per heavy atom. The van der Waals surface area contributed by atoms with Gasteiger partial charge < -0.3 is 34.1 Å². The number of aliphatic hydroxyl groups is 1. The van der Waals surface area contributed by atoms with Gasteiger partial charge in [-0.2, -0.15) is 8.78 Å². The molecule has 3 aliphatic heterocycles. The number of carbonyl (C=O) groups is 3. The Labute approximate surface area is 280 Å². The van der Waals surface area contributed by atoms with Crippen LogP contribution < -0.4 is 10.1 Å². The maximum Gasteiger partial charge on any atom is 0.314 e. The zero-order valence-corrected chi connectivity index (χ0v) is 27.6. The van der Waals surface area contributed by atoms with Gasteiger partial charge in [0.1, 0.15) is 23.9 Å². The molecule has 0 aromatic heterocycles. The molecule has 3 saturated heterocycles. The third-order valence-corrected chi connectivity index (χ3v) is 8.70. The van der Waals surface area contributed by atoms with Crippen LogP contribution in [0.5, 0.6) is 5.75 Å². The molecule has 270 valence electrons. The molecule has 10 nitrogen and oxygen atoms in total. The number of nitrogens with one attached hydrogen (secondary N) is 1. The number of benzene rings is 1. The van der Waals surface area contributed by atoms with Crippen LogP contribution in [0.15, 0.2) is 36.0 Å². The largest absolute Gasteiger partial charge is 0.459 e. The van der Waals surface area contributed by atoms with Gasteiger partial charge in [0.05, 0.1) is 37.4 Å². The first-order chi connectivity index (χ1) is 23.0. The van der Waals surface area contributed by atoms with Gasteiger partial charge in [-0.3, -0.25) is 14.4 Å². The molecule has 2 N–H and O–H groups in total. The summed E-state index contributed by atoms with van der Waals surface area (Å²) in [6.45, 7) is 8.83. The van der Waals surface area contributed by atoms with Gasteiger partial charge >= 0.3 is 11.9 Å². The Hall–Kier alpha value is -3.66. The molecule has 49 heavy (non-hydrogen) atoms. The van der Waals surface area contributed by atoms with Crippen molar-refractivity contribution in [2.24, 2.45) is 5.92 Å². The van der Waals surface area contributed by atoms with Crippen LogP contribution in [-0.2, 0) is 33.3 Å². The Morgan fingerprint density at radius 3 is 2.27 bits per heavy atom. The highest BCUT2D eigenvalue weighted by atomic mass is 19.2.